The summed E-state index contributed by atoms with van der Waals surface area (Å²) in [6, 6.07) is 7.72. The minimum atomic E-state index is -0.676. The zero-order valence-corrected chi connectivity index (χ0v) is 23.9. The number of nitrogens with one attached hydrogen (secondary N) is 1. The van der Waals surface area contributed by atoms with Crippen LogP contribution in [0.25, 0.3) is 0 Å². The molecule has 2 atom stereocenters. The summed E-state index contributed by atoms with van der Waals surface area (Å²) >= 11 is 0. The standard InChI is InChI=1S/C33H40N4O3/c1-4-26-12-11-13-27(17-16-26)31(38)36-22-20-35(21-23-36)25(3)30-34-24-33(18-9-6-10-19-33)32(39)37(30)28-14-7-8-15-29(28)40-5-2/h6-10,12-18,25H,4-5,11,19-24H2,1-3H3/p+1/t25?,33-/m0/s1. The summed E-state index contributed by atoms with van der Waals surface area (Å²) < 4.78 is 5.96. The number of amides is 2. The van der Waals surface area contributed by atoms with Crippen molar-refractivity contribution >= 4 is 23.3 Å². The number of anilines is 1. The van der Waals surface area contributed by atoms with E-state index in [2.05, 4.69) is 26.0 Å². The SMILES string of the molecule is CCOc1ccccc1N1C(=O)[C@]2(C=CC=CC2)CN=C1C(C)[NH+]1CCN(C(=O)C2=CCC=C(CC)C=C2)CC1. The fraction of sp³-hybridized carbons (Fsp3) is 0.424. The van der Waals surface area contributed by atoms with Crippen molar-refractivity contribution in [3.05, 3.63) is 84.0 Å². The zero-order chi connectivity index (χ0) is 28.1. The van der Waals surface area contributed by atoms with Gasteiger partial charge in [0.15, 0.2) is 5.84 Å². The van der Waals surface area contributed by atoms with E-state index < -0.39 is 5.41 Å². The number of benzene rings is 1. The van der Waals surface area contributed by atoms with Crippen LogP contribution in [0.3, 0.4) is 0 Å². The van der Waals surface area contributed by atoms with Crippen molar-refractivity contribution in [1.82, 2.24) is 4.90 Å². The largest absolute Gasteiger partial charge is 0.492 e. The highest BCUT2D eigenvalue weighted by molar-refractivity contribution is 6.22. The summed E-state index contributed by atoms with van der Waals surface area (Å²) in [4.78, 5) is 37.8. The number of hydrogen-bond acceptors (Lipinski definition) is 4. The molecular formula is C33H41N4O3+. The van der Waals surface area contributed by atoms with Crippen molar-refractivity contribution in [2.75, 3.05) is 44.2 Å². The van der Waals surface area contributed by atoms with Gasteiger partial charge in [0.25, 0.3) is 5.91 Å². The van der Waals surface area contributed by atoms with E-state index >= 15 is 0 Å². The van der Waals surface area contributed by atoms with E-state index in [9.17, 15) is 9.59 Å². The van der Waals surface area contributed by atoms with Crippen LogP contribution >= 0.6 is 0 Å². The first-order chi connectivity index (χ1) is 19.5. The lowest BCUT2D eigenvalue weighted by Crippen LogP contribution is -3.19. The van der Waals surface area contributed by atoms with Gasteiger partial charge in [-0.1, -0.05) is 67.2 Å². The molecule has 7 heteroatoms. The molecule has 0 bridgehead atoms. The molecule has 1 aromatic rings. The highest BCUT2D eigenvalue weighted by Gasteiger charge is 2.47. The number of para-hydroxylation sites is 2. The molecule has 2 heterocycles. The van der Waals surface area contributed by atoms with Gasteiger partial charge in [-0.05, 0) is 51.3 Å². The molecule has 2 amide bonds. The van der Waals surface area contributed by atoms with Crippen LogP contribution in [0.5, 0.6) is 5.75 Å². The molecule has 0 saturated carbocycles. The Kier molecular flexibility index (Phi) is 8.50. The fourth-order valence-corrected chi connectivity index (χ4v) is 6.00. The van der Waals surface area contributed by atoms with E-state index in [4.69, 9.17) is 9.73 Å². The first-order valence-corrected chi connectivity index (χ1v) is 14.6. The Balaban J connectivity index is 1.35. The Morgan fingerprint density at radius 2 is 1.93 bits per heavy atom. The molecule has 40 heavy (non-hydrogen) atoms. The molecule has 7 nitrogen and oxygen atoms in total. The van der Waals surface area contributed by atoms with Crippen LogP contribution in [-0.4, -0.2) is 67.9 Å². The van der Waals surface area contributed by atoms with Gasteiger partial charge in [-0.25, -0.2) is 0 Å². The lowest BCUT2D eigenvalue weighted by molar-refractivity contribution is -0.916. The number of piperazine rings is 1. The van der Waals surface area contributed by atoms with Crippen LogP contribution in [0.1, 0.15) is 40.0 Å². The third-order valence-corrected chi connectivity index (χ3v) is 8.47. The van der Waals surface area contributed by atoms with E-state index in [1.165, 1.54) is 10.5 Å². The maximum Gasteiger partial charge on any atom is 0.253 e. The van der Waals surface area contributed by atoms with E-state index in [1.807, 2.05) is 77.4 Å². The number of quaternary nitrogens is 1. The number of amidine groups is 1. The van der Waals surface area contributed by atoms with Gasteiger partial charge in [0.1, 0.15) is 11.8 Å². The topological polar surface area (TPSA) is 66.7 Å². The summed E-state index contributed by atoms with van der Waals surface area (Å²) in [7, 11) is 0. The molecule has 0 radical (unpaired) electrons. The fourth-order valence-electron chi connectivity index (χ4n) is 6.00. The molecular weight excluding hydrogens is 500 g/mol. The van der Waals surface area contributed by atoms with Crippen molar-refractivity contribution in [2.45, 2.75) is 46.1 Å². The molecule has 5 rings (SSSR count). The number of allylic oxidation sites excluding steroid dienone is 7. The number of aliphatic imine (C=N–C) groups is 1. The van der Waals surface area contributed by atoms with Crippen LogP contribution in [0.4, 0.5) is 5.69 Å². The number of nitrogens with zero attached hydrogens (tertiary/aromatic N) is 3. The molecule has 2 aliphatic carbocycles. The minimum Gasteiger partial charge on any atom is -0.492 e. The molecule has 1 unspecified atom stereocenters. The van der Waals surface area contributed by atoms with Crippen LogP contribution < -0.4 is 14.5 Å². The second kappa shape index (κ2) is 12.2. The van der Waals surface area contributed by atoms with E-state index in [0.717, 1.165) is 43.0 Å². The molecule has 1 saturated heterocycles. The summed E-state index contributed by atoms with van der Waals surface area (Å²) in [6.45, 7) is 10.1. The summed E-state index contributed by atoms with van der Waals surface area (Å²) in [5.41, 5.74) is 2.10. The smallest absolute Gasteiger partial charge is 0.253 e. The van der Waals surface area contributed by atoms with Crippen molar-refractivity contribution in [3.63, 3.8) is 0 Å². The third kappa shape index (κ3) is 5.48. The van der Waals surface area contributed by atoms with Gasteiger partial charge in [-0.2, -0.15) is 0 Å². The van der Waals surface area contributed by atoms with Gasteiger partial charge in [-0.3, -0.25) is 19.5 Å². The van der Waals surface area contributed by atoms with Gasteiger partial charge >= 0.3 is 0 Å². The lowest BCUT2D eigenvalue weighted by atomic mass is 9.78. The lowest BCUT2D eigenvalue weighted by Gasteiger charge is -2.43. The van der Waals surface area contributed by atoms with Gasteiger partial charge in [0, 0.05) is 5.57 Å². The monoisotopic (exact) mass is 541 g/mol. The maximum absolute atomic E-state index is 14.3. The average Bonchev–Trinajstić information content (AvgIpc) is 3.25. The summed E-state index contributed by atoms with van der Waals surface area (Å²) in [5, 5.41) is 0. The van der Waals surface area contributed by atoms with Crippen LogP contribution in [-0.2, 0) is 9.59 Å². The second-order valence-electron chi connectivity index (χ2n) is 10.9. The highest BCUT2D eigenvalue weighted by Crippen LogP contribution is 2.39. The second-order valence-corrected chi connectivity index (χ2v) is 10.9. The molecule has 210 valence electrons. The summed E-state index contributed by atoms with van der Waals surface area (Å²) in [6.07, 6.45) is 18.6. The van der Waals surface area contributed by atoms with Gasteiger partial charge in [0.05, 0.1) is 50.4 Å². The number of ether oxygens (including phenoxy) is 1. The number of rotatable bonds is 7. The normalized spacial score (nSPS) is 24.0. The first-order valence-electron chi connectivity index (χ1n) is 14.6. The minimum absolute atomic E-state index is 0.0235. The maximum atomic E-state index is 14.3. The Labute approximate surface area is 237 Å². The molecule has 1 spiro atoms. The van der Waals surface area contributed by atoms with E-state index in [0.29, 0.717) is 38.4 Å². The Bertz CT molecular complexity index is 1310. The van der Waals surface area contributed by atoms with Crippen molar-refractivity contribution in [1.29, 1.82) is 0 Å². The molecule has 2 aliphatic heterocycles. The Morgan fingerprint density at radius 1 is 1.12 bits per heavy atom. The predicted molar refractivity (Wildman–Crippen MR) is 160 cm³/mol. The molecule has 1 N–H and O–H groups in total. The van der Waals surface area contributed by atoms with E-state index in [1.54, 1.807) is 0 Å². The third-order valence-electron chi connectivity index (χ3n) is 8.47. The molecule has 4 aliphatic rings. The molecule has 1 aromatic carbocycles. The van der Waals surface area contributed by atoms with Gasteiger partial charge in [0.2, 0.25) is 5.91 Å². The van der Waals surface area contributed by atoms with Crippen LogP contribution in [0, 0.1) is 5.41 Å². The molecule has 1 fully saturated rings. The number of hydrogen-bond donors (Lipinski definition) is 1. The van der Waals surface area contributed by atoms with Gasteiger partial charge in [-0.15, -0.1) is 0 Å². The summed E-state index contributed by atoms with van der Waals surface area (Å²) in [5.74, 6) is 1.59. The van der Waals surface area contributed by atoms with E-state index in [-0.39, 0.29) is 17.9 Å². The highest BCUT2D eigenvalue weighted by atomic mass is 16.5. The van der Waals surface area contributed by atoms with Crippen LogP contribution in [0.15, 0.2) is 89.0 Å². The van der Waals surface area contributed by atoms with Crippen molar-refractivity contribution < 1.29 is 19.2 Å². The average molecular weight is 542 g/mol. The number of carbonyl (C=O) groups is 2. The Hall–Kier alpha value is -3.71. The Morgan fingerprint density at radius 3 is 2.65 bits per heavy atom. The quantitative estimate of drug-likeness (QED) is 0.573. The number of carbonyl (C=O) groups excluding carboxylic acids is 2. The first kappa shape index (κ1) is 27.8. The van der Waals surface area contributed by atoms with Crippen molar-refractivity contribution in [3.8, 4) is 5.75 Å². The predicted octanol–water partition coefficient (Wildman–Crippen LogP) is 3.67. The van der Waals surface area contributed by atoms with Crippen LogP contribution in [0.2, 0.25) is 0 Å². The zero-order valence-electron chi connectivity index (χ0n) is 23.9. The van der Waals surface area contributed by atoms with Gasteiger partial charge < -0.3 is 14.5 Å². The van der Waals surface area contributed by atoms with Crippen molar-refractivity contribution in [2.24, 2.45) is 10.4 Å². The molecule has 0 aromatic heterocycles.